The molecule has 7 nitrogen and oxygen atoms in total. The van der Waals surface area contributed by atoms with E-state index in [0.717, 1.165) is 0 Å². The van der Waals surface area contributed by atoms with Crippen LogP contribution >= 0.6 is 12.0 Å². The molecule has 0 unspecified atom stereocenters. The number of aliphatic carboxylic acids is 1. The molecule has 0 bridgehead atoms. The van der Waals surface area contributed by atoms with E-state index < -0.39 is 29.7 Å². The molecule has 0 aliphatic rings. The fourth-order valence-electron chi connectivity index (χ4n) is 0.383. The van der Waals surface area contributed by atoms with Crippen LogP contribution in [0.4, 0.5) is 4.79 Å². The zero-order valence-electron chi connectivity index (χ0n) is 6.30. The van der Waals surface area contributed by atoms with Gasteiger partial charge in [-0.3, -0.25) is 9.59 Å². The van der Waals surface area contributed by atoms with Crippen molar-refractivity contribution in [1.29, 1.82) is 0 Å². The fraction of sp³-hybridized carbons (Fsp3) is 0.400. The van der Waals surface area contributed by atoms with Crippen LogP contribution in [0.15, 0.2) is 0 Å². The van der Waals surface area contributed by atoms with Crippen molar-refractivity contribution in [2.45, 2.75) is 12.5 Å². The van der Waals surface area contributed by atoms with Crippen molar-refractivity contribution in [3.63, 3.8) is 0 Å². The summed E-state index contributed by atoms with van der Waals surface area (Å²) >= 11 is -0.0883. The third-order valence-corrected chi connectivity index (χ3v) is 1.32. The second kappa shape index (κ2) is 5.38. The average molecular weight is 209 g/mol. The summed E-state index contributed by atoms with van der Waals surface area (Å²) in [5.74, 6) is -2.33. The van der Waals surface area contributed by atoms with Crippen LogP contribution in [0.1, 0.15) is 6.42 Å². The maximum Gasteiger partial charge on any atom is 0.404 e. The minimum absolute atomic E-state index is 0.0883. The monoisotopic (exact) mass is 209 g/mol. The number of carbonyl (C=O) groups excluding carboxylic acids is 1. The molecule has 0 fully saturated rings. The lowest BCUT2D eigenvalue weighted by molar-refractivity contribution is -0.143. The molecule has 1 atom stereocenters. The Morgan fingerprint density at radius 2 is 1.92 bits per heavy atom. The molecule has 0 spiro atoms. The number of rotatable bonds is 3. The summed E-state index contributed by atoms with van der Waals surface area (Å²) in [7, 11) is 0. The third kappa shape index (κ3) is 5.93. The summed E-state index contributed by atoms with van der Waals surface area (Å²) in [5, 5.41) is 14.9. The molecule has 0 rings (SSSR count). The average Bonchev–Trinajstić information content (AvgIpc) is 2.00. The second-order valence-corrected chi connectivity index (χ2v) is 2.64. The first-order valence-corrected chi connectivity index (χ1v) is 3.76. The van der Waals surface area contributed by atoms with Crippen LogP contribution in [0, 0.1) is 0 Å². The molecular weight excluding hydrogens is 202 g/mol. The Bertz CT molecular complexity index is 229. The molecule has 0 saturated carbocycles. The first-order valence-electron chi connectivity index (χ1n) is 3.02. The van der Waals surface area contributed by atoms with Gasteiger partial charge in [-0.1, -0.05) is 0 Å². The van der Waals surface area contributed by atoms with E-state index in [4.69, 9.17) is 15.9 Å². The van der Waals surface area contributed by atoms with E-state index in [1.54, 1.807) is 0 Å². The van der Waals surface area contributed by atoms with Crippen molar-refractivity contribution in [1.82, 2.24) is 0 Å². The van der Waals surface area contributed by atoms with Crippen LogP contribution in [0.3, 0.4) is 0 Å². The molecule has 74 valence electrons. The minimum atomic E-state index is -1.39. The Hall–Kier alpha value is -1.28. The molecule has 0 aliphatic heterocycles. The Morgan fingerprint density at radius 3 is 2.31 bits per heavy atom. The van der Waals surface area contributed by atoms with E-state index in [-0.39, 0.29) is 12.0 Å². The van der Waals surface area contributed by atoms with E-state index in [9.17, 15) is 14.4 Å². The molecule has 0 aromatic rings. The molecule has 0 heterocycles. The smallest absolute Gasteiger partial charge is 0.404 e. The highest BCUT2D eigenvalue weighted by Gasteiger charge is 2.18. The van der Waals surface area contributed by atoms with Crippen molar-refractivity contribution in [3.8, 4) is 0 Å². The normalized spacial score (nSPS) is 11.8. The lowest BCUT2D eigenvalue weighted by Crippen LogP contribution is -2.32. The van der Waals surface area contributed by atoms with Gasteiger partial charge in [0.15, 0.2) is 12.0 Å². The largest absolute Gasteiger partial charge is 0.480 e. The molecular formula is C5H7NO6S. The maximum absolute atomic E-state index is 10.6. The summed E-state index contributed by atoms with van der Waals surface area (Å²) < 4.78 is 4.06. The van der Waals surface area contributed by atoms with Gasteiger partial charge in [0.1, 0.15) is 6.04 Å². The van der Waals surface area contributed by atoms with E-state index in [0.29, 0.717) is 0 Å². The SMILES string of the molecule is N[C@H](CC(=O)OSC(=O)O)C(=O)O. The van der Waals surface area contributed by atoms with Crippen molar-refractivity contribution < 1.29 is 28.8 Å². The molecule has 0 amide bonds. The fourth-order valence-corrected chi connectivity index (χ4v) is 0.615. The number of hydrogen-bond acceptors (Lipinski definition) is 6. The predicted octanol–water partition coefficient (Wildman–Crippen LogP) is -0.342. The van der Waals surface area contributed by atoms with Crippen LogP contribution in [-0.2, 0) is 13.8 Å². The highest BCUT2D eigenvalue weighted by atomic mass is 32.2. The van der Waals surface area contributed by atoms with Gasteiger partial charge in [-0.2, -0.15) is 0 Å². The van der Waals surface area contributed by atoms with Crippen LogP contribution < -0.4 is 5.73 Å². The summed E-state index contributed by atoms with van der Waals surface area (Å²) in [6, 6.07) is -1.37. The summed E-state index contributed by atoms with van der Waals surface area (Å²) in [6.45, 7) is 0. The second-order valence-electron chi connectivity index (χ2n) is 1.95. The van der Waals surface area contributed by atoms with Gasteiger partial charge < -0.3 is 20.1 Å². The van der Waals surface area contributed by atoms with Gasteiger partial charge in [-0.15, -0.1) is 0 Å². The van der Waals surface area contributed by atoms with E-state index in [2.05, 4.69) is 4.18 Å². The topological polar surface area (TPSA) is 127 Å². The Balaban J connectivity index is 3.74. The highest BCUT2D eigenvalue weighted by Crippen LogP contribution is 2.05. The van der Waals surface area contributed by atoms with E-state index in [1.807, 2.05) is 0 Å². The number of carboxylic acids is 1. The maximum atomic E-state index is 10.6. The Kier molecular flexibility index (Phi) is 4.85. The van der Waals surface area contributed by atoms with Crippen molar-refractivity contribution >= 4 is 29.3 Å². The van der Waals surface area contributed by atoms with Gasteiger partial charge in [0.05, 0.1) is 6.42 Å². The number of carboxylic acid groups (broad SMARTS) is 2. The number of nitrogens with two attached hydrogens (primary N) is 1. The van der Waals surface area contributed by atoms with Gasteiger partial charge in [0, 0.05) is 0 Å². The molecule has 0 aromatic heterocycles. The standard InChI is InChI=1S/C5H7NO6S/c6-2(4(8)9)1-3(7)12-13-5(10)11/h2H,1,6H2,(H,8,9)(H,10,11)/t2-/m1/s1. The van der Waals surface area contributed by atoms with Crippen LogP contribution in [0.5, 0.6) is 0 Å². The van der Waals surface area contributed by atoms with Gasteiger partial charge in [-0.25, -0.2) is 4.79 Å². The lowest BCUT2D eigenvalue weighted by Gasteiger charge is -2.03. The molecule has 13 heavy (non-hydrogen) atoms. The minimum Gasteiger partial charge on any atom is -0.480 e. The van der Waals surface area contributed by atoms with Gasteiger partial charge in [0.25, 0.3) is 0 Å². The summed E-state index contributed by atoms with van der Waals surface area (Å²) in [6.07, 6.45) is -0.560. The van der Waals surface area contributed by atoms with Crippen LogP contribution in [0.25, 0.3) is 0 Å². The predicted molar refractivity (Wildman–Crippen MR) is 41.9 cm³/mol. The molecule has 4 N–H and O–H groups in total. The van der Waals surface area contributed by atoms with Crippen molar-refractivity contribution in [2.75, 3.05) is 0 Å². The van der Waals surface area contributed by atoms with Gasteiger partial charge in [-0.05, 0) is 0 Å². The number of carbonyl (C=O) groups is 3. The molecule has 0 radical (unpaired) electrons. The van der Waals surface area contributed by atoms with E-state index >= 15 is 0 Å². The molecule has 8 heteroatoms. The molecule has 0 aliphatic carbocycles. The highest BCUT2D eigenvalue weighted by molar-refractivity contribution is 8.09. The zero-order chi connectivity index (χ0) is 10.4. The third-order valence-electron chi connectivity index (χ3n) is 0.910. The molecule has 0 saturated heterocycles. The zero-order valence-corrected chi connectivity index (χ0v) is 7.11. The Morgan fingerprint density at radius 1 is 1.38 bits per heavy atom. The van der Waals surface area contributed by atoms with E-state index in [1.165, 1.54) is 0 Å². The van der Waals surface area contributed by atoms with Crippen LogP contribution in [0.2, 0.25) is 0 Å². The lowest BCUT2D eigenvalue weighted by atomic mass is 10.2. The number of hydrogen-bond donors (Lipinski definition) is 3. The van der Waals surface area contributed by atoms with Gasteiger partial charge in [0.2, 0.25) is 0 Å². The summed E-state index contributed by atoms with van der Waals surface area (Å²) in [4.78, 5) is 30.6. The van der Waals surface area contributed by atoms with Gasteiger partial charge >= 0.3 is 17.2 Å². The van der Waals surface area contributed by atoms with Crippen molar-refractivity contribution in [3.05, 3.63) is 0 Å². The summed E-state index contributed by atoms with van der Waals surface area (Å²) in [5.41, 5.74) is 4.97. The quantitative estimate of drug-likeness (QED) is 0.538. The van der Waals surface area contributed by atoms with Crippen molar-refractivity contribution in [2.24, 2.45) is 5.73 Å². The molecule has 0 aromatic carbocycles. The Labute approximate surface area is 77.1 Å². The first kappa shape index (κ1) is 11.7. The first-order chi connectivity index (χ1) is 5.93. The van der Waals surface area contributed by atoms with Crippen LogP contribution in [-0.4, -0.2) is 33.5 Å².